The summed E-state index contributed by atoms with van der Waals surface area (Å²) in [6, 6.07) is 9.41. The van der Waals surface area contributed by atoms with E-state index in [0.29, 0.717) is 33.9 Å². The molecule has 0 bridgehead atoms. The molecule has 2 rings (SSSR count). The predicted octanol–water partition coefficient (Wildman–Crippen LogP) is 4.66. The Hall–Kier alpha value is -1.70. The summed E-state index contributed by atoms with van der Waals surface area (Å²) in [7, 11) is 4.77. The molecule has 0 aromatic heterocycles. The number of benzene rings is 2. The maximum Gasteiger partial charge on any atom is 0.170 e. The molecule has 0 saturated carbocycles. The molecule has 5 nitrogen and oxygen atoms in total. The van der Waals surface area contributed by atoms with Crippen LogP contribution in [-0.4, -0.2) is 33.0 Å². The minimum absolute atomic E-state index is 0.471. The largest absolute Gasteiger partial charge is 0.496 e. The molecule has 0 spiro atoms. The van der Waals surface area contributed by atoms with Crippen molar-refractivity contribution in [2.24, 2.45) is 0 Å². The van der Waals surface area contributed by atoms with Crippen LogP contribution in [0.5, 0.6) is 17.2 Å². The van der Waals surface area contributed by atoms with E-state index in [4.69, 9.17) is 38.0 Å². The zero-order valence-corrected chi connectivity index (χ0v) is 17.8. The standard InChI is InChI=1S/C18H20BrClN2O3S/c1-23-15-5-4-11(8-12(15)19)6-7-21-18(26)22-14-10-16(24-2)13(20)9-17(14)25-3/h4-5,8-10H,6-7H2,1-3H3,(H2,21,22,26). The number of halogens is 2. The van der Waals surface area contributed by atoms with Crippen molar-refractivity contribution < 1.29 is 14.2 Å². The minimum atomic E-state index is 0.471. The molecule has 26 heavy (non-hydrogen) atoms. The highest BCUT2D eigenvalue weighted by Gasteiger charge is 2.11. The zero-order valence-electron chi connectivity index (χ0n) is 14.7. The first kappa shape index (κ1) is 20.6. The summed E-state index contributed by atoms with van der Waals surface area (Å²) < 4.78 is 16.7. The molecule has 0 fully saturated rings. The fraction of sp³-hybridized carbons (Fsp3) is 0.278. The first-order valence-electron chi connectivity index (χ1n) is 7.77. The number of hydrogen-bond donors (Lipinski definition) is 2. The first-order valence-corrected chi connectivity index (χ1v) is 9.35. The van der Waals surface area contributed by atoms with Gasteiger partial charge in [0.15, 0.2) is 5.11 Å². The monoisotopic (exact) mass is 458 g/mol. The van der Waals surface area contributed by atoms with Crippen molar-refractivity contribution in [1.29, 1.82) is 0 Å². The van der Waals surface area contributed by atoms with E-state index >= 15 is 0 Å². The van der Waals surface area contributed by atoms with Crippen LogP contribution in [0.25, 0.3) is 0 Å². The topological polar surface area (TPSA) is 51.8 Å². The van der Waals surface area contributed by atoms with Crippen molar-refractivity contribution in [3.8, 4) is 17.2 Å². The average Bonchev–Trinajstić information content (AvgIpc) is 2.63. The molecule has 0 radical (unpaired) electrons. The summed E-state index contributed by atoms with van der Waals surface area (Å²) in [5.74, 6) is 1.93. The van der Waals surface area contributed by atoms with Crippen LogP contribution in [0.3, 0.4) is 0 Å². The molecule has 0 aliphatic rings. The molecule has 0 saturated heterocycles. The minimum Gasteiger partial charge on any atom is -0.496 e. The van der Waals surface area contributed by atoms with Crippen LogP contribution >= 0.6 is 39.7 Å². The molecule has 0 aliphatic carbocycles. The van der Waals surface area contributed by atoms with Crippen molar-refractivity contribution in [3.63, 3.8) is 0 Å². The molecule has 0 amide bonds. The number of anilines is 1. The summed E-state index contributed by atoms with van der Waals surface area (Å²) in [6.07, 6.45) is 0.811. The molecule has 2 N–H and O–H groups in total. The Bertz CT molecular complexity index is 789. The summed E-state index contributed by atoms with van der Waals surface area (Å²) in [5, 5.41) is 7.24. The van der Waals surface area contributed by atoms with Crippen LogP contribution < -0.4 is 24.8 Å². The Balaban J connectivity index is 1.94. The van der Waals surface area contributed by atoms with Gasteiger partial charge in [-0.2, -0.15) is 0 Å². The quantitative estimate of drug-likeness (QED) is 0.588. The summed E-state index contributed by atoms with van der Waals surface area (Å²) in [5.41, 5.74) is 1.84. The van der Waals surface area contributed by atoms with Crippen LogP contribution in [0, 0.1) is 0 Å². The molecular weight excluding hydrogens is 440 g/mol. The Morgan fingerprint density at radius 2 is 1.73 bits per heavy atom. The average molecular weight is 460 g/mol. The summed E-state index contributed by atoms with van der Waals surface area (Å²) in [4.78, 5) is 0. The Morgan fingerprint density at radius 1 is 1.04 bits per heavy atom. The maximum absolute atomic E-state index is 6.11. The van der Waals surface area contributed by atoms with Gasteiger partial charge in [0.05, 0.1) is 36.5 Å². The number of hydrogen-bond acceptors (Lipinski definition) is 4. The predicted molar refractivity (Wildman–Crippen MR) is 113 cm³/mol. The van der Waals surface area contributed by atoms with Crippen molar-refractivity contribution in [2.45, 2.75) is 6.42 Å². The van der Waals surface area contributed by atoms with E-state index in [2.05, 4.69) is 26.6 Å². The highest BCUT2D eigenvalue weighted by molar-refractivity contribution is 9.10. The molecule has 2 aromatic rings. The van der Waals surface area contributed by atoms with Crippen molar-refractivity contribution in [2.75, 3.05) is 33.2 Å². The van der Waals surface area contributed by atoms with Gasteiger partial charge in [0.25, 0.3) is 0 Å². The zero-order chi connectivity index (χ0) is 19.1. The van der Waals surface area contributed by atoms with E-state index in [9.17, 15) is 0 Å². The third kappa shape index (κ3) is 5.40. The third-order valence-electron chi connectivity index (χ3n) is 3.64. The second-order valence-electron chi connectivity index (χ2n) is 5.29. The maximum atomic E-state index is 6.11. The number of nitrogens with one attached hydrogen (secondary N) is 2. The van der Waals surface area contributed by atoms with Crippen LogP contribution in [-0.2, 0) is 6.42 Å². The molecule has 0 heterocycles. The van der Waals surface area contributed by atoms with E-state index < -0.39 is 0 Å². The number of ether oxygens (including phenoxy) is 3. The molecule has 0 aliphatic heterocycles. The lowest BCUT2D eigenvalue weighted by Gasteiger charge is -2.15. The molecule has 8 heteroatoms. The summed E-state index contributed by atoms with van der Waals surface area (Å²) >= 11 is 15.0. The molecule has 2 aromatic carbocycles. The van der Waals surface area contributed by atoms with Gasteiger partial charge >= 0.3 is 0 Å². The van der Waals surface area contributed by atoms with E-state index in [1.165, 1.54) is 5.56 Å². The van der Waals surface area contributed by atoms with Gasteiger partial charge in [-0.1, -0.05) is 17.7 Å². The van der Waals surface area contributed by atoms with Gasteiger partial charge in [0.2, 0.25) is 0 Å². The van der Waals surface area contributed by atoms with Gasteiger partial charge in [-0.25, -0.2) is 0 Å². The van der Waals surface area contributed by atoms with Gasteiger partial charge in [0.1, 0.15) is 17.2 Å². The Morgan fingerprint density at radius 3 is 2.35 bits per heavy atom. The summed E-state index contributed by atoms with van der Waals surface area (Å²) in [6.45, 7) is 0.678. The fourth-order valence-electron chi connectivity index (χ4n) is 2.31. The van der Waals surface area contributed by atoms with E-state index in [1.54, 1.807) is 33.5 Å². The second kappa shape index (κ2) is 9.85. The van der Waals surface area contributed by atoms with Crippen LogP contribution in [0.1, 0.15) is 5.56 Å². The molecule has 0 atom stereocenters. The number of rotatable bonds is 7. The number of methoxy groups -OCH3 is 3. The Labute approximate surface area is 172 Å². The van der Waals surface area contributed by atoms with Crippen molar-refractivity contribution in [3.05, 3.63) is 45.4 Å². The highest BCUT2D eigenvalue weighted by atomic mass is 79.9. The van der Waals surface area contributed by atoms with E-state index in [1.807, 2.05) is 18.2 Å². The third-order valence-corrected chi connectivity index (χ3v) is 4.80. The molecule has 0 unspecified atom stereocenters. The lowest BCUT2D eigenvalue weighted by Crippen LogP contribution is -2.30. The first-order chi connectivity index (χ1) is 12.5. The van der Waals surface area contributed by atoms with Gasteiger partial charge in [-0.15, -0.1) is 0 Å². The highest BCUT2D eigenvalue weighted by Crippen LogP contribution is 2.35. The second-order valence-corrected chi connectivity index (χ2v) is 6.96. The van der Waals surface area contributed by atoms with Crippen molar-refractivity contribution >= 4 is 50.5 Å². The smallest absolute Gasteiger partial charge is 0.170 e. The Kier molecular flexibility index (Phi) is 7.81. The van der Waals surface area contributed by atoms with Gasteiger partial charge in [-0.3, -0.25) is 0 Å². The SMILES string of the molecule is COc1cc(NC(=S)NCCc2ccc(OC)c(Br)c2)c(OC)cc1Cl. The lowest BCUT2D eigenvalue weighted by atomic mass is 10.1. The fourth-order valence-corrected chi connectivity index (χ4v) is 3.34. The van der Waals surface area contributed by atoms with E-state index in [-0.39, 0.29) is 0 Å². The molecule has 140 valence electrons. The normalized spacial score (nSPS) is 10.2. The van der Waals surface area contributed by atoms with E-state index in [0.717, 1.165) is 16.6 Å². The van der Waals surface area contributed by atoms with Gasteiger partial charge < -0.3 is 24.8 Å². The number of thiocarbonyl (C=S) groups is 1. The lowest BCUT2D eigenvalue weighted by molar-refractivity contribution is 0.405. The van der Waals surface area contributed by atoms with Crippen LogP contribution in [0.4, 0.5) is 5.69 Å². The van der Waals surface area contributed by atoms with Crippen LogP contribution in [0.2, 0.25) is 5.02 Å². The van der Waals surface area contributed by atoms with Gasteiger partial charge in [0, 0.05) is 18.7 Å². The van der Waals surface area contributed by atoms with Crippen LogP contribution in [0.15, 0.2) is 34.8 Å². The van der Waals surface area contributed by atoms with Gasteiger partial charge in [-0.05, 0) is 52.3 Å². The molecular formula is C18H20BrClN2O3S. The van der Waals surface area contributed by atoms with Crippen molar-refractivity contribution in [1.82, 2.24) is 5.32 Å².